The fourth-order valence-electron chi connectivity index (χ4n) is 2.48. The molecule has 0 aliphatic carbocycles. The van der Waals surface area contributed by atoms with Crippen molar-refractivity contribution < 1.29 is 9.53 Å². The van der Waals surface area contributed by atoms with Crippen LogP contribution in [0, 0.1) is 11.3 Å². The van der Waals surface area contributed by atoms with Crippen molar-refractivity contribution in [2.24, 2.45) is 5.73 Å². The molecule has 4 N–H and O–H groups in total. The van der Waals surface area contributed by atoms with Crippen molar-refractivity contribution in [2.45, 2.75) is 11.6 Å². The van der Waals surface area contributed by atoms with Crippen LogP contribution >= 0.6 is 11.8 Å². The number of aromatic nitrogens is 2. The average Bonchev–Trinajstić information content (AvgIpc) is 2.71. The van der Waals surface area contributed by atoms with Gasteiger partial charge < -0.3 is 16.2 Å². The van der Waals surface area contributed by atoms with Gasteiger partial charge in [0, 0.05) is 5.56 Å². The first-order valence-corrected chi connectivity index (χ1v) is 9.31. The quantitative estimate of drug-likeness (QED) is 0.468. The lowest BCUT2D eigenvalue weighted by Gasteiger charge is -2.11. The van der Waals surface area contributed by atoms with Crippen molar-refractivity contribution in [1.29, 1.82) is 5.26 Å². The molecule has 0 aliphatic rings. The zero-order valence-corrected chi connectivity index (χ0v) is 15.6. The van der Waals surface area contributed by atoms with Gasteiger partial charge in [0.2, 0.25) is 11.9 Å². The number of carbonyl (C=O) groups is 1. The summed E-state index contributed by atoms with van der Waals surface area (Å²) in [4.78, 5) is 19.4. The number of nitrogens with two attached hydrogens (primary N) is 2. The number of hydrogen-bond acceptors (Lipinski definition) is 7. The standard InChI is InChI=1S/C20H17N5O2S/c21-10-16-18(24-20(23)25-19(16)28-12-17(22)26)14-7-4-8-15(9-14)27-11-13-5-2-1-3-6-13/h1-9H,11-12H2,(H2,22,26)(H2,23,24,25). The second-order valence-corrected chi connectivity index (χ2v) is 6.74. The van der Waals surface area contributed by atoms with Crippen molar-refractivity contribution in [3.63, 3.8) is 0 Å². The molecule has 7 nitrogen and oxygen atoms in total. The van der Waals surface area contributed by atoms with Crippen LogP contribution in [0.3, 0.4) is 0 Å². The van der Waals surface area contributed by atoms with E-state index in [1.165, 1.54) is 0 Å². The van der Waals surface area contributed by atoms with Crippen LogP contribution in [0.15, 0.2) is 59.6 Å². The van der Waals surface area contributed by atoms with Gasteiger partial charge in [-0.3, -0.25) is 4.79 Å². The number of carbonyl (C=O) groups excluding carboxylic acids is 1. The van der Waals surface area contributed by atoms with Crippen molar-refractivity contribution in [2.75, 3.05) is 11.5 Å². The lowest BCUT2D eigenvalue weighted by atomic mass is 10.1. The van der Waals surface area contributed by atoms with Crippen LogP contribution < -0.4 is 16.2 Å². The van der Waals surface area contributed by atoms with Gasteiger partial charge in [-0.15, -0.1) is 0 Å². The van der Waals surface area contributed by atoms with Gasteiger partial charge in [0.15, 0.2) is 0 Å². The molecule has 1 amide bonds. The highest BCUT2D eigenvalue weighted by Gasteiger charge is 2.17. The molecule has 3 rings (SSSR count). The first-order chi connectivity index (χ1) is 13.6. The Morgan fingerprint density at radius 1 is 1.14 bits per heavy atom. The van der Waals surface area contributed by atoms with Crippen LogP contribution in [0.25, 0.3) is 11.3 Å². The number of thioether (sulfide) groups is 1. The predicted molar refractivity (Wildman–Crippen MR) is 107 cm³/mol. The molecule has 3 aromatic rings. The Balaban J connectivity index is 1.90. The van der Waals surface area contributed by atoms with E-state index >= 15 is 0 Å². The van der Waals surface area contributed by atoms with E-state index in [4.69, 9.17) is 16.2 Å². The van der Waals surface area contributed by atoms with Crippen molar-refractivity contribution in [3.8, 4) is 23.1 Å². The minimum Gasteiger partial charge on any atom is -0.489 e. The number of anilines is 1. The monoisotopic (exact) mass is 391 g/mol. The topological polar surface area (TPSA) is 128 Å². The van der Waals surface area contributed by atoms with E-state index in [-0.39, 0.29) is 17.3 Å². The number of nitrogens with zero attached hydrogens (tertiary/aromatic N) is 3. The van der Waals surface area contributed by atoms with Gasteiger partial charge in [-0.1, -0.05) is 54.2 Å². The third-order valence-corrected chi connectivity index (χ3v) is 4.71. The smallest absolute Gasteiger partial charge is 0.227 e. The predicted octanol–water partition coefficient (Wildman–Crippen LogP) is 2.75. The van der Waals surface area contributed by atoms with E-state index < -0.39 is 5.91 Å². The van der Waals surface area contributed by atoms with Gasteiger partial charge in [-0.05, 0) is 17.7 Å². The number of benzene rings is 2. The molecule has 0 saturated heterocycles. The molecular weight excluding hydrogens is 374 g/mol. The molecule has 140 valence electrons. The maximum atomic E-state index is 11.1. The lowest BCUT2D eigenvalue weighted by molar-refractivity contribution is -0.115. The number of primary amides is 1. The number of nitriles is 1. The Labute approximate surface area is 166 Å². The van der Waals surface area contributed by atoms with E-state index in [9.17, 15) is 10.1 Å². The Kier molecular flexibility index (Phi) is 6.09. The molecule has 0 fully saturated rings. The van der Waals surface area contributed by atoms with E-state index in [1.54, 1.807) is 12.1 Å². The highest BCUT2D eigenvalue weighted by Crippen LogP contribution is 2.31. The summed E-state index contributed by atoms with van der Waals surface area (Å²) in [6, 6.07) is 19.1. The third-order valence-electron chi connectivity index (χ3n) is 3.71. The number of ether oxygens (including phenoxy) is 1. The molecule has 8 heteroatoms. The van der Waals surface area contributed by atoms with Gasteiger partial charge in [0.05, 0.1) is 11.4 Å². The Morgan fingerprint density at radius 3 is 2.64 bits per heavy atom. The number of nitrogen functional groups attached to an aromatic ring is 1. The maximum Gasteiger partial charge on any atom is 0.227 e. The van der Waals surface area contributed by atoms with Crippen LogP contribution in [0.2, 0.25) is 0 Å². The van der Waals surface area contributed by atoms with Gasteiger partial charge in [0.1, 0.15) is 29.0 Å². The second kappa shape index (κ2) is 8.88. The normalized spacial score (nSPS) is 10.2. The molecule has 28 heavy (non-hydrogen) atoms. The summed E-state index contributed by atoms with van der Waals surface area (Å²) in [5.74, 6) is 0.124. The zero-order chi connectivity index (χ0) is 19.9. The van der Waals surface area contributed by atoms with Gasteiger partial charge in [0.25, 0.3) is 0 Å². The summed E-state index contributed by atoms with van der Waals surface area (Å²) in [6.45, 7) is 0.418. The molecule has 0 unspecified atom stereocenters. The van der Waals surface area contributed by atoms with Crippen LogP contribution in [-0.2, 0) is 11.4 Å². The highest BCUT2D eigenvalue weighted by molar-refractivity contribution is 8.00. The lowest BCUT2D eigenvalue weighted by Crippen LogP contribution is -2.13. The molecule has 1 aromatic heterocycles. The Hall–Kier alpha value is -3.57. The minimum absolute atomic E-state index is 0.00913. The van der Waals surface area contributed by atoms with Crippen LogP contribution in [0.5, 0.6) is 5.75 Å². The van der Waals surface area contributed by atoms with Crippen LogP contribution in [0.1, 0.15) is 11.1 Å². The minimum atomic E-state index is -0.510. The number of amides is 1. The third kappa shape index (κ3) is 4.78. The molecule has 2 aromatic carbocycles. The first kappa shape index (κ1) is 19.2. The van der Waals surface area contributed by atoms with Gasteiger partial charge in [-0.25, -0.2) is 9.97 Å². The summed E-state index contributed by atoms with van der Waals surface area (Å²) in [5, 5.41) is 9.93. The fourth-order valence-corrected chi connectivity index (χ4v) is 3.21. The van der Waals surface area contributed by atoms with Crippen LogP contribution in [0.4, 0.5) is 5.95 Å². The zero-order valence-electron chi connectivity index (χ0n) is 14.8. The molecule has 0 radical (unpaired) electrons. The highest BCUT2D eigenvalue weighted by atomic mass is 32.2. The Morgan fingerprint density at radius 2 is 1.93 bits per heavy atom. The van der Waals surface area contributed by atoms with E-state index in [2.05, 4.69) is 16.0 Å². The van der Waals surface area contributed by atoms with Gasteiger partial charge in [-0.2, -0.15) is 5.26 Å². The van der Waals surface area contributed by atoms with Crippen molar-refractivity contribution >= 4 is 23.6 Å². The molecule has 0 atom stereocenters. The molecule has 0 saturated carbocycles. The SMILES string of the molecule is N#Cc1c(SCC(N)=O)nc(N)nc1-c1cccc(OCc2ccccc2)c1. The van der Waals surface area contributed by atoms with E-state index in [0.29, 0.717) is 28.6 Å². The summed E-state index contributed by atoms with van der Waals surface area (Å²) >= 11 is 1.06. The summed E-state index contributed by atoms with van der Waals surface area (Å²) in [5.41, 5.74) is 13.3. The first-order valence-electron chi connectivity index (χ1n) is 8.32. The number of rotatable bonds is 7. The second-order valence-electron chi connectivity index (χ2n) is 5.78. The average molecular weight is 391 g/mol. The van der Waals surface area contributed by atoms with Crippen molar-refractivity contribution in [1.82, 2.24) is 9.97 Å². The summed E-state index contributed by atoms with van der Waals surface area (Å²) in [7, 11) is 0. The molecule has 0 aliphatic heterocycles. The van der Waals surface area contributed by atoms with E-state index in [0.717, 1.165) is 17.3 Å². The summed E-state index contributed by atoms with van der Waals surface area (Å²) < 4.78 is 5.84. The van der Waals surface area contributed by atoms with Crippen molar-refractivity contribution in [3.05, 3.63) is 65.7 Å². The number of hydrogen-bond donors (Lipinski definition) is 2. The summed E-state index contributed by atoms with van der Waals surface area (Å²) in [6.07, 6.45) is 0. The molecule has 1 heterocycles. The van der Waals surface area contributed by atoms with Crippen LogP contribution in [-0.4, -0.2) is 21.6 Å². The Bertz CT molecular complexity index is 1030. The largest absolute Gasteiger partial charge is 0.489 e. The maximum absolute atomic E-state index is 11.1. The van der Waals surface area contributed by atoms with E-state index in [1.807, 2.05) is 42.5 Å². The molecular formula is C20H17N5O2S. The fraction of sp³-hybridized carbons (Fsp3) is 0.100. The molecule has 0 spiro atoms. The molecule has 0 bridgehead atoms. The van der Waals surface area contributed by atoms with Gasteiger partial charge >= 0.3 is 0 Å².